The zero-order valence-electron chi connectivity index (χ0n) is 16.5. The summed E-state index contributed by atoms with van der Waals surface area (Å²) in [6.45, 7) is 0.277. The van der Waals surface area contributed by atoms with E-state index in [4.69, 9.17) is 44.3 Å². The third kappa shape index (κ3) is 4.90. The van der Waals surface area contributed by atoms with Crippen molar-refractivity contribution in [3.63, 3.8) is 0 Å². The van der Waals surface area contributed by atoms with Gasteiger partial charge in [0.2, 0.25) is 5.91 Å². The summed E-state index contributed by atoms with van der Waals surface area (Å²) in [5.41, 5.74) is 2.57. The molecule has 3 aromatic rings. The molecule has 0 bridgehead atoms. The lowest BCUT2D eigenvalue weighted by Crippen LogP contribution is -2.27. The first-order chi connectivity index (χ1) is 15.0. The van der Waals surface area contributed by atoms with Crippen molar-refractivity contribution >= 4 is 58.2 Å². The van der Waals surface area contributed by atoms with E-state index in [0.717, 1.165) is 16.8 Å². The van der Waals surface area contributed by atoms with Gasteiger partial charge in [0.25, 0.3) is 0 Å². The largest absolute Gasteiger partial charge is 0.493 e. The normalized spacial score (nSPS) is 15.9. The van der Waals surface area contributed by atoms with Gasteiger partial charge in [-0.05, 0) is 54.1 Å². The van der Waals surface area contributed by atoms with Crippen LogP contribution in [0.1, 0.15) is 16.5 Å². The molecule has 0 unspecified atom stereocenters. The molecule has 1 atom stereocenters. The zero-order valence-corrected chi connectivity index (χ0v) is 19.6. The van der Waals surface area contributed by atoms with Crippen LogP contribution in [-0.2, 0) is 11.4 Å². The number of benzene rings is 3. The molecule has 3 aromatic carbocycles. The predicted octanol–water partition coefficient (Wildman–Crippen LogP) is 7.01. The van der Waals surface area contributed by atoms with Crippen molar-refractivity contribution in [1.82, 2.24) is 0 Å². The molecule has 4 nitrogen and oxygen atoms in total. The molecular formula is C23H18Cl3NO3S. The van der Waals surface area contributed by atoms with Crippen molar-refractivity contribution in [2.75, 3.05) is 17.8 Å². The molecule has 0 N–H and O–H groups in total. The van der Waals surface area contributed by atoms with E-state index in [0.29, 0.717) is 32.3 Å². The van der Waals surface area contributed by atoms with Gasteiger partial charge in [0, 0.05) is 26.3 Å². The third-order valence-corrected chi connectivity index (χ3v) is 6.90. The average molecular weight is 495 g/mol. The lowest BCUT2D eigenvalue weighted by molar-refractivity contribution is -0.115. The second-order valence-electron chi connectivity index (χ2n) is 6.84. The summed E-state index contributed by atoms with van der Waals surface area (Å²) in [7, 11) is 1.59. The maximum absolute atomic E-state index is 12.6. The highest BCUT2D eigenvalue weighted by molar-refractivity contribution is 8.00. The maximum Gasteiger partial charge on any atom is 0.238 e. The molecule has 1 heterocycles. The van der Waals surface area contributed by atoms with Crippen LogP contribution in [0.5, 0.6) is 11.5 Å². The van der Waals surface area contributed by atoms with Gasteiger partial charge in [-0.15, -0.1) is 11.8 Å². The number of amides is 1. The lowest BCUT2D eigenvalue weighted by Gasteiger charge is -2.25. The highest BCUT2D eigenvalue weighted by atomic mass is 35.5. The summed E-state index contributed by atoms with van der Waals surface area (Å²) in [4.78, 5) is 14.4. The van der Waals surface area contributed by atoms with Crippen LogP contribution in [0.2, 0.25) is 15.1 Å². The molecule has 0 aromatic heterocycles. The van der Waals surface area contributed by atoms with Crippen LogP contribution in [0.4, 0.5) is 5.69 Å². The van der Waals surface area contributed by atoms with Gasteiger partial charge < -0.3 is 9.47 Å². The Kier molecular flexibility index (Phi) is 6.87. The van der Waals surface area contributed by atoms with Crippen LogP contribution in [0.25, 0.3) is 0 Å². The van der Waals surface area contributed by atoms with E-state index in [1.165, 1.54) is 0 Å². The van der Waals surface area contributed by atoms with Crippen LogP contribution in [0.15, 0.2) is 60.7 Å². The molecule has 0 spiro atoms. The van der Waals surface area contributed by atoms with Crippen molar-refractivity contribution in [1.29, 1.82) is 0 Å². The van der Waals surface area contributed by atoms with Gasteiger partial charge in [-0.25, -0.2) is 0 Å². The molecule has 8 heteroatoms. The summed E-state index contributed by atoms with van der Waals surface area (Å²) in [6, 6.07) is 18.2. The summed E-state index contributed by atoms with van der Waals surface area (Å²) in [6.07, 6.45) is 0. The van der Waals surface area contributed by atoms with E-state index in [1.807, 2.05) is 36.4 Å². The van der Waals surface area contributed by atoms with Crippen molar-refractivity contribution in [3.05, 3.63) is 86.9 Å². The fraction of sp³-hybridized carbons (Fsp3) is 0.174. The van der Waals surface area contributed by atoms with Crippen LogP contribution in [0.3, 0.4) is 0 Å². The van der Waals surface area contributed by atoms with E-state index in [-0.39, 0.29) is 17.9 Å². The van der Waals surface area contributed by atoms with Gasteiger partial charge in [0.15, 0.2) is 11.5 Å². The Morgan fingerprint density at radius 2 is 1.71 bits per heavy atom. The Balaban J connectivity index is 1.57. The minimum atomic E-state index is -0.165. The van der Waals surface area contributed by atoms with E-state index >= 15 is 0 Å². The Labute approximate surface area is 200 Å². The van der Waals surface area contributed by atoms with Crippen molar-refractivity contribution in [3.8, 4) is 11.5 Å². The van der Waals surface area contributed by atoms with Crippen LogP contribution < -0.4 is 14.4 Å². The number of nitrogens with zero attached hydrogens (tertiary/aromatic N) is 1. The number of hydrogen-bond donors (Lipinski definition) is 0. The van der Waals surface area contributed by atoms with E-state index in [2.05, 4.69) is 0 Å². The zero-order chi connectivity index (χ0) is 22.0. The number of rotatable bonds is 6. The molecule has 1 saturated heterocycles. The summed E-state index contributed by atoms with van der Waals surface area (Å²) in [5.74, 6) is 1.63. The minimum absolute atomic E-state index is 0.0500. The summed E-state index contributed by atoms with van der Waals surface area (Å²) < 4.78 is 11.5. The highest BCUT2D eigenvalue weighted by Gasteiger charge is 2.34. The number of halogens is 3. The molecule has 1 aliphatic rings. The molecule has 1 amide bonds. The number of thioether (sulfide) groups is 1. The number of methoxy groups -OCH3 is 1. The predicted molar refractivity (Wildman–Crippen MR) is 128 cm³/mol. The molecule has 0 saturated carbocycles. The van der Waals surface area contributed by atoms with Crippen molar-refractivity contribution in [2.45, 2.75) is 12.0 Å². The van der Waals surface area contributed by atoms with Gasteiger partial charge >= 0.3 is 0 Å². The van der Waals surface area contributed by atoms with Gasteiger partial charge in [-0.3, -0.25) is 9.69 Å². The van der Waals surface area contributed by atoms with Gasteiger partial charge in [0.05, 0.1) is 12.9 Å². The van der Waals surface area contributed by atoms with E-state index < -0.39 is 0 Å². The van der Waals surface area contributed by atoms with Gasteiger partial charge in [0.1, 0.15) is 12.0 Å². The Hall–Kier alpha value is -2.05. The Morgan fingerprint density at radius 3 is 2.42 bits per heavy atom. The highest BCUT2D eigenvalue weighted by Crippen LogP contribution is 2.44. The Morgan fingerprint density at radius 1 is 0.968 bits per heavy atom. The number of carbonyl (C=O) groups excluding carboxylic acids is 1. The van der Waals surface area contributed by atoms with Crippen molar-refractivity contribution < 1.29 is 14.3 Å². The standard InChI is InChI=1S/C23H18Cl3NO3S/c1-29-21-10-14(3-9-20(21)30-12-15-2-4-17(25)11-19(15)26)23-27(22(28)13-31-23)18-7-5-16(24)6-8-18/h2-11,23H,12-13H2,1H3/t23-/m0/s1. The first-order valence-electron chi connectivity index (χ1n) is 9.40. The summed E-state index contributed by atoms with van der Waals surface area (Å²) in [5, 5.41) is 1.58. The number of ether oxygens (including phenoxy) is 2. The molecule has 160 valence electrons. The number of anilines is 1. The topological polar surface area (TPSA) is 38.8 Å². The fourth-order valence-corrected chi connectivity index (χ4v) is 5.06. The first kappa shape index (κ1) is 22.2. The smallest absolute Gasteiger partial charge is 0.238 e. The van der Waals surface area contributed by atoms with E-state index in [9.17, 15) is 4.79 Å². The van der Waals surface area contributed by atoms with E-state index in [1.54, 1.807) is 48.0 Å². The number of hydrogen-bond acceptors (Lipinski definition) is 4. The van der Waals surface area contributed by atoms with Crippen LogP contribution in [0, 0.1) is 0 Å². The molecule has 0 aliphatic carbocycles. The first-order valence-corrected chi connectivity index (χ1v) is 11.6. The lowest BCUT2D eigenvalue weighted by atomic mass is 10.1. The molecule has 4 rings (SSSR count). The second kappa shape index (κ2) is 9.61. The quantitative estimate of drug-likeness (QED) is 0.369. The molecule has 1 fully saturated rings. The van der Waals surface area contributed by atoms with Crippen LogP contribution in [-0.4, -0.2) is 18.8 Å². The maximum atomic E-state index is 12.6. The SMILES string of the molecule is COc1cc([C@@H]2SCC(=O)N2c2ccc(Cl)cc2)ccc1OCc1ccc(Cl)cc1Cl. The minimum Gasteiger partial charge on any atom is -0.493 e. The fourth-order valence-electron chi connectivity index (χ4n) is 3.30. The average Bonchev–Trinajstić information content (AvgIpc) is 3.15. The third-order valence-electron chi connectivity index (χ3n) is 4.84. The molecular weight excluding hydrogens is 477 g/mol. The van der Waals surface area contributed by atoms with Crippen molar-refractivity contribution in [2.24, 2.45) is 0 Å². The monoisotopic (exact) mass is 493 g/mol. The van der Waals surface area contributed by atoms with Crippen LogP contribution >= 0.6 is 46.6 Å². The van der Waals surface area contributed by atoms with Gasteiger partial charge in [-0.1, -0.05) is 46.9 Å². The Bertz CT molecular complexity index is 1110. The molecule has 0 radical (unpaired) electrons. The molecule has 31 heavy (non-hydrogen) atoms. The number of carbonyl (C=O) groups is 1. The second-order valence-corrected chi connectivity index (χ2v) is 9.19. The molecule has 1 aliphatic heterocycles. The summed E-state index contributed by atoms with van der Waals surface area (Å²) >= 11 is 19.8. The van der Waals surface area contributed by atoms with Gasteiger partial charge in [-0.2, -0.15) is 0 Å².